The largest absolute Gasteiger partial charge is 0.461 e. The van der Waals surface area contributed by atoms with Crippen LogP contribution in [0.25, 0.3) is 10.2 Å². The maximum Gasteiger partial charge on any atom is 0.356 e. The van der Waals surface area contributed by atoms with Crippen molar-refractivity contribution in [1.82, 2.24) is 4.98 Å². The second-order valence-electron chi connectivity index (χ2n) is 3.07. The first-order chi connectivity index (χ1) is 7.76. The Morgan fingerprint density at radius 2 is 2.44 bits per heavy atom. The standard InChI is InChI=1S/C11H9NO3S/c1-2-15-11(14)9-5-7(6-13)8-3-4-16-10(8)12-9/h3-6H,2H2,1H3. The zero-order valence-electron chi connectivity index (χ0n) is 8.60. The predicted molar refractivity (Wildman–Crippen MR) is 61.0 cm³/mol. The maximum absolute atomic E-state index is 11.5. The second-order valence-corrected chi connectivity index (χ2v) is 3.97. The Morgan fingerprint density at radius 1 is 1.62 bits per heavy atom. The van der Waals surface area contributed by atoms with Gasteiger partial charge in [-0.1, -0.05) is 0 Å². The number of nitrogens with zero attached hydrogens (tertiary/aromatic N) is 1. The number of aldehydes is 1. The summed E-state index contributed by atoms with van der Waals surface area (Å²) in [7, 11) is 0. The van der Waals surface area contributed by atoms with E-state index in [0.717, 1.165) is 11.7 Å². The van der Waals surface area contributed by atoms with Crippen molar-refractivity contribution < 1.29 is 14.3 Å². The summed E-state index contributed by atoms with van der Waals surface area (Å²) >= 11 is 1.39. The second kappa shape index (κ2) is 4.40. The number of hydrogen-bond acceptors (Lipinski definition) is 5. The van der Waals surface area contributed by atoms with Crippen LogP contribution in [-0.2, 0) is 4.74 Å². The van der Waals surface area contributed by atoms with Gasteiger partial charge < -0.3 is 4.74 Å². The zero-order chi connectivity index (χ0) is 11.5. The van der Waals surface area contributed by atoms with E-state index in [9.17, 15) is 9.59 Å². The fraction of sp³-hybridized carbons (Fsp3) is 0.182. The number of rotatable bonds is 3. The van der Waals surface area contributed by atoms with Gasteiger partial charge in [-0.3, -0.25) is 4.79 Å². The topological polar surface area (TPSA) is 56.3 Å². The molecular formula is C11H9NO3S. The fourth-order valence-electron chi connectivity index (χ4n) is 1.38. The van der Waals surface area contributed by atoms with E-state index in [1.165, 1.54) is 17.4 Å². The highest BCUT2D eigenvalue weighted by Crippen LogP contribution is 2.22. The molecule has 0 aliphatic heterocycles. The number of carbonyl (C=O) groups is 2. The van der Waals surface area contributed by atoms with Gasteiger partial charge in [-0.25, -0.2) is 9.78 Å². The molecule has 82 valence electrons. The molecule has 4 nitrogen and oxygen atoms in total. The minimum Gasteiger partial charge on any atom is -0.461 e. The van der Waals surface area contributed by atoms with Gasteiger partial charge in [0.05, 0.1) is 6.61 Å². The molecule has 0 fully saturated rings. The molecule has 16 heavy (non-hydrogen) atoms. The molecule has 0 aliphatic carbocycles. The van der Waals surface area contributed by atoms with Crippen molar-refractivity contribution >= 4 is 33.8 Å². The van der Waals surface area contributed by atoms with E-state index in [4.69, 9.17) is 4.74 Å². The molecule has 0 bridgehead atoms. The minimum absolute atomic E-state index is 0.180. The summed E-state index contributed by atoms with van der Waals surface area (Å²) in [5, 5.41) is 2.60. The zero-order valence-corrected chi connectivity index (χ0v) is 9.41. The third kappa shape index (κ3) is 1.81. The van der Waals surface area contributed by atoms with Crippen LogP contribution in [0.2, 0.25) is 0 Å². The molecule has 0 spiro atoms. The Bertz CT molecular complexity index is 547. The van der Waals surface area contributed by atoms with E-state index in [2.05, 4.69) is 4.98 Å². The van der Waals surface area contributed by atoms with E-state index in [-0.39, 0.29) is 5.69 Å². The lowest BCUT2D eigenvalue weighted by Crippen LogP contribution is -2.07. The molecule has 0 aromatic carbocycles. The van der Waals surface area contributed by atoms with Crippen LogP contribution in [0.4, 0.5) is 0 Å². The van der Waals surface area contributed by atoms with Crippen molar-refractivity contribution in [2.45, 2.75) is 6.92 Å². The molecule has 5 heteroatoms. The molecule has 0 N–H and O–H groups in total. The molecule has 0 amide bonds. The number of aromatic nitrogens is 1. The number of thiophene rings is 1. The van der Waals surface area contributed by atoms with Gasteiger partial charge in [0, 0.05) is 10.9 Å². The average molecular weight is 235 g/mol. The molecule has 0 unspecified atom stereocenters. The molecule has 0 atom stereocenters. The summed E-state index contributed by atoms with van der Waals surface area (Å²) in [6.45, 7) is 2.02. The van der Waals surface area contributed by atoms with Crippen LogP contribution in [0.3, 0.4) is 0 Å². The van der Waals surface area contributed by atoms with E-state index in [1.54, 1.807) is 6.92 Å². The average Bonchev–Trinajstić information content (AvgIpc) is 2.75. The Balaban J connectivity index is 2.55. The van der Waals surface area contributed by atoms with Crippen molar-refractivity contribution in [2.75, 3.05) is 6.61 Å². The summed E-state index contributed by atoms with van der Waals surface area (Å²) in [6, 6.07) is 3.27. The summed E-state index contributed by atoms with van der Waals surface area (Å²) in [4.78, 5) is 27.2. The first-order valence-corrected chi connectivity index (χ1v) is 5.64. The molecule has 0 radical (unpaired) electrons. The van der Waals surface area contributed by atoms with E-state index >= 15 is 0 Å². The van der Waals surface area contributed by atoms with Crippen LogP contribution in [0.1, 0.15) is 27.8 Å². The van der Waals surface area contributed by atoms with Gasteiger partial charge in [-0.15, -0.1) is 11.3 Å². The Hall–Kier alpha value is -1.75. The molecular weight excluding hydrogens is 226 g/mol. The van der Waals surface area contributed by atoms with Crippen molar-refractivity contribution in [2.24, 2.45) is 0 Å². The quantitative estimate of drug-likeness (QED) is 0.605. The Morgan fingerprint density at radius 3 is 3.12 bits per heavy atom. The van der Waals surface area contributed by atoms with Crippen LogP contribution in [0.5, 0.6) is 0 Å². The number of ether oxygens (including phenoxy) is 1. The molecule has 0 saturated heterocycles. The summed E-state index contributed by atoms with van der Waals surface area (Å²) < 4.78 is 4.84. The van der Waals surface area contributed by atoms with Crippen molar-refractivity contribution in [3.63, 3.8) is 0 Å². The van der Waals surface area contributed by atoms with Gasteiger partial charge in [-0.2, -0.15) is 0 Å². The van der Waals surface area contributed by atoms with Gasteiger partial charge in [0.25, 0.3) is 0 Å². The van der Waals surface area contributed by atoms with Crippen LogP contribution in [0, 0.1) is 0 Å². The van der Waals surface area contributed by atoms with Gasteiger partial charge in [0.2, 0.25) is 0 Å². The van der Waals surface area contributed by atoms with Crippen LogP contribution >= 0.6 is 11.3 Å². The van der Waals surface area contributed by atoms with Gasteiger partial charge in [0.1, 0.15) is 4.83 Å². The predicted octanol–water partition coefficient (Wildman–Crippen LogP) is 2.29. The molecule has 0 saturated carbocycles. The fourth-order valence-corrected chi connectivity index (χ4v) is 2.18. The van der Waals surface area contributed by atoms with Gasteiger partial charge in [-0.05, 0) is 24.4 Å². The highest BCUT2D eigenvalue weighted by molar-refractivity contribution is 7.16. The van der Waals surface area contributed by atoms with Crippen LogP contribution < -0.4 is 0 Å². The highest BCUT2D eigenvalue weighted by Gasteiger charge is 2.13. The normalized spacial score (nSPS) is 10.3. The van der Waals surface area contributed by atoms with Gasteiger partial charge >= 0.3 is 5.97 Å². The molecule has 2 aromatic rings. The van der Waals surface area contributed by atoms with Gasteiger partial charge in [0.15, 0.2) is 12.0 Å². The monoisotopic (exact) mass is 235 g/mol. The SMILES string of the molecule is CCOC(=O)c1cc(C=O)c2ccsc2n1. The highest BCUT2D eigenvalue weighted by atomic mass is 32.1. The summed E-state index contributed by atoms with van der Waals surface area (Å²) in [5.74, 6) is -0.499. The number of carbonyl (C=O) groups excluding carboxylic acids is 2. The molecule has 2 aromatic heterocycles. The van der Waals surface area contributed by atoms with Crippen LogP contribution in [0.15, 0.2) is 17.5 Å². The smallest absolute Gasteiger partial charge is 0.356 e. The van der Waals surface area contributed by atoms with Crippen molar-refractivity contribution in [1.29, 1.82) is 0 Å². The minimum atomic E-state index is -0.499. The van der Waals surface area contributed by atoms with Crippen LogP contribution in [-0.4, -0.2) is 23.8 Å². The van der Waals surface area contributed by atoms with E-state index < -0.39 is 5.97 Å². The first-order valence-electron chi connectivity index (χ1n) is 4.76. The third-order valence-corrected chi connectivity index (χ3v) is 2.89. The number of pyridine rings is 1. The number of esters is 1. The first kappa shape index (κ1) is 10.8. The lowest BCUT2D eigenvalue weighted by molar-refractivity contribution is 0.0520. The summed E-state index contributed by atoms with van der Waals surface area (Å²) in [6.07, 6.45) is 0.722. The molecule has 2 heterocycles. The van der Waals surface area contributed by atoms with E-state index in [0.29, 0.717) is 17.0 Å². The Labute approximate surface area is 95.9 Å². The maximum atomic E-state index is 11.5. The lowest BCUT2D eigenvalue weighted by atomic mass is 10.2. The number of fused-ring (bicyclic) bond motifs is 1. The number of hydrogen-bond donors (Lipinski definition) is 0. The van der Waals surface area contributed by atoms with E-state index in [1.807, 2.05) is 11.4 Å². The summed E-state index contributed by atoms with van der Waals surface area (Å²) in [5.41, 5.74) is 0.646. The molecule has 0 aliphatic rings. The van der Waals surface area contributed by atoms with Crippen molar-refractivity contribution in [3.05, 3.63) is 28.8 Å². The van der Waals surface area contributed by atoms with Crippen molar-refractivity contribution in [3.8, 4) is 0 Å². The Kier molecular flexibility index (Phi) is 2.96. The molecule has 2 rings (SSSR count). The third-order valence-electron chi connectivity index (χ3n) is 2.08. The lowest BCUT2D eigenvalue weighted by Gasteiger charge is -2.02.